The maximum Gasteiger partial charge on any atom is 0.218 e. The quantitative estimate of drug-likeness (QED) is 0.805. The molecule has 0 aliphatic carbocycles. The van der Waals surface area contributed by atoms with E-state index in [1.54, 1.807) is 0 Å². The van der Waals surface area contributed by atoms with E-state index in [2.05, 4.69) is 36.1 Å². The van der Waals surface area contributed by atoms with E-state index in [4.69, 9.17) is 4.74 Å². The zero-order valence-electron chi connectivity index (χ0n) is 10.6. The summed E-state index contributed by atoms with van der Waals surface area (Å²) in [7, 11) is 0. The molecule has 4 nitrogen and oxygen atoms in total. The topological polar surface area (TPSA) is 47.0 Å². The molecule has 16 heavy (non-hydrogen) atoms. The lowest BCUT2D eigenvalue weighted by atomic mass is 10.2. The summed E-state index contributed by atoms with van der Waals surface area (Å²) in [6.45, 7) is 8.91. The first-order valence-electron chi connectivity index (χ1n) is 5.90. The fraction of sp³-hybridized carbons (Fsp3) is 0.667. The molecule has 0 spiro atoms. The highest BCUT2D eigenvalue weighted by molar-refractivity contribution is 5.39. The summed E-state index contributed by atoms with van der Waals surface area (Å²) >= 11 is 0. The molecular weight excluding hydrogens is 202 g/mol. The third-order valence-corrected chi connectivity index (χ3v) is 2.28. The van der Waals surface area contributed by atoms with Crippen molar-refractivity contribution in [3.05, 3.63) is 11.9 Å². The molecular formula is C12H21N3O. The monoisotopic (exact) mass is 223 g/mol. The van der Waals surface area contributed by atoms with Gasteiger partial charge < -0.3 is 10.1 Å². The predicted octanol–water partition coefficient (Wildman–Crippen LogP) is 2.78. The Kier molecular flexibility index (Phi) is 5.02. The summed E-state index contributed by atoms with van der Waals surface area (Å²) in [5.41, 5.74) is 0. The van der Waals surface area contributed by atoms with Crippen LogP contribution in [0.15, 0.2) is 6.07 Å². The van der Waals surface area contributed by atoms with Crippen LogP contribution in [-0.4, -0.2) is 22.6 Å². The Labute approximate surface area is 97.5 Å². The fourth-order valence-corrected chi connectivity index (χ4v) is 1.25. The molecule has 0 amide bonds. The van der Waals surface area contributed by atoms with Gasteiger partial charge in [0.05, 0.1) is 6.61 Å². The van der Waals surface area contributed by atoms with Gasteiger partial charge in [-0.15, -0.1) is 0 Å². The third-order valence-electron chi connectivity index (χ3n) is 2.28. The van der Waals surface area contributed by atoms with Gasteiger partial charge in [-0.3, -0.25) is 0 Å². The van der Waals surface area contributed by atoms with Crippen molar-refractivity contribution in [1.82, 2.24) is 9.97 Å². The molecule has 1 unspecified atom stereocenters. The lowest BCUT2D eigenvalue weighted by molar-refractivity contribution is 0.304. The summed E-state index contributed by atoms with van der Waals surface area (Å²) in [4.78, 5) is 8.56. The fourth-order valence-electron chi connectivity index (χ4n) is 1.25. The number of aromatic nitrogens is 2. The van der Waals surface area contributed by atoms with Gasteiger partial charge in [0, 0.05) is 12.1 Å². The Balaban J connectivity index is 2.73. The molecule has 0 fully saturated rings. The van der Waals surface area contributed by atoms with E-state index in [1.165, 1.54) is 0 Å². The van der Waals surface area contributed by atoms with Crippen molar-refractivity contribution >= 4 is 5.82 Å². The van der Waals surface area contributed by atoms with Crippen LogP contribution in [0.1, 0.15) is 39.4 Å². The number of anilines is 1. The van der Waals surface area contributed by atoms with Gasteiger partial charge >= 0.3 is 0 Å². The highest BCUT2D eigenvalue weighted by Gasteiger charge is 2.04. The highest BCUT2D eigenvalue weighted by atomic mass is 16.5. The predicted molar refractivity (Wildman–Crippen MR) is 65.9 cm³/mol. The minimum Gasteiger partial charge on any atom is -0.478 e. The summed E-state index contributed by atoms with van der Waals surface area (Å²) in [6.07, 6.45) is 2.05. The Morgan fingerprint density at radius 1 is 1.38 bits per heavy atom. The van der Waals surface area contributed by atoms with Gasteiger partial charge in [-0.05, 0) is 26.7 Å². The van der Waals surface area contributed by atoms with Crippen molar-refractivity contribution in [1.29, 1.82) is 0 Å². The lowest BCUT2D eigenvalue weighted by Crippen LogP contribution is -2.15. The summed E-state index contributed by atoms with van der Waals surface area (Å²) < 4.78 is 5.50. The van der Waals surface area contributed by atoms with Gasteiger partial charge in [0.1, 0.15) is 11.6 Å². The Morgan fingerprint density at radius 2 is 2.12 bits per heavy atom. The molecule has 0 saturated heterocycles. The molecule has 0 bridgehead atoms. The molecule has 0 aromatic carbocycles. The van der Waals surface area contributed by atoms with Gasteiger partial charge in [-0.25, -0.2) is 4.98 Å². The van der Waals surface area contributed by atoms with E-state index in [9.17, 15) is 0 Å². The smallest absolute Gasteiger partial charge is 0.218 e. The molecule has 0 aliphatic rings. The number of rotatable bonds is 6. The molecule has 1 heterocycles. The average Bonchev–Trinajstić information content (AvgIpc) is 2.25. The van der Waals surface area contributed by atoms with Crippen LogP contribution < -0.4 is 10.1 Å². The first-order chi connectivity index (χ1) is 7.65. The lowest BCUT2D eigenvalue weighted by Gasteiger charge is -2.13. The molecule has 1 aromatic rings. The molecule has 1 rings (SSSR count). The second-order valence-corrected chi connectivity index (χ2v) is 3.94. The number of nitrogens with zero attached hydrogens (tertiary/aromatic N) is 2. The van der Waals surface area contributed by atoms with Gasteiger partial charge in [0.25, 0.3) is 0 Å². The molecule has 1 aromatic heterocycles. The second-order valence-electron chi connectivity index (χ2n) is 3.94. The minimum absolute atomic E-state index is 0.410. The zero-order chi connectivity index (χ0) is 12.0. The third kappa shape index (κ3) is 4.04. The zero-order valence-corrected chi connectivity index (χ0v) is 10.6. The van der Waals surface area contributed by atoms with Crippen LogP contribution in [0, 0.1) is 6.92 Å². The van der Waals surface area contributed by atoms with Gasteiger partial charge in [0.15, 0.2) is 0 Å². The van der Waals surface area contributed by atoms with Crippen LogP contribution in [-0.2, 0) is 0 Å². The van der Waals surface area contributed by atoms with E-state index >= 15 is 0 Å². The number of nitrogens with one attached hydrogen (secondary N) is 1. The average molecular weight is 223 g/mol. The summed E-state index contributed by atoms with van der Waals surface area (Å²) in [5, 5.41) is 3.32. The van der Waals surface area contributed by atoms with Crippen molar-refractivity contribution in [3.63, 3.8) is 0 Å². The second kappa shape index (κ2) is 6.30. The van der Waals surface area contributed by atoms with E-state index in [0.717, 1.165) is 24.5 Å². The van der Waals surface area contributed by atoms with Crippen LogP contribution >= 0.6 is 0 Å². The molecule has 1 N–H and O–H groups in total. The van der Waals surface area contributed by atoms with E-state index in [-0.39, 0.29) is 0 Å². The first kappa shape index (κ1) is 12.7. The van der Waals surface area contributed by atoms with Crippen LogP contribution in [0.5, 0.6) is 5.88 Å². The minimum atomic E-state index is 0.410. The molecule has 90 valence electrons. The molecule has 4 heteroatoms. The molecule has 0 aliphatic heterocycles. The molecule has 0 radical (unpaired) electrons. The van der Waals surface area contributed by atoms with Crippen molar-refractivity contribution in [3.8, 4) is 5.88 Å². The Bertz CT molecular complexity index is 328. The van der Waals surface area contributed by atoms with Crippen molar-refractivity contribution < 1.29 is 4.74 Å². The maximum absolute atomic E-state index is 5.50. The van der Waals surface area contributed by atoms with Gasteiger partial charge in [-0.1, -0.05) is 13.8 Å². The number of hydrogen-bond acceptors (Lipinski definition) is 4. The van der Waals surface area contributed by atoms with Gasteiger partial charge in [-0.2, -0.15) is 4.98 Å². The van der Waals surface area contributed by atoms with Crippen LogP contribution in [0.4, 0.5) is 5.82 Å². The Morgan fingerprint density at radius 3 is 2.75 bits per heavy atom. The van der Waals surface area contributed by atoms with Crippen molar-refractivity contribution in [2.45, 2.75) is 46.6 Å². The standard InChI is InChI=1S/C12H21N3O/c1-5-7-16-12-8-11(13-9(3)6-2)14-10(4)15-12/h8-9H,5-7H2,1-4H3,(H,13,14,15). The molecule has 1 atom stereocenters. The number of ether oxygens (including phenoxy) is 1. The number of aryl methyl sites for hydroxylation is 1. The van der Waals surface area contributed by atoms with Crippen LogP contribution in [0.3, 0.4) is 0 Å². The largest absolute Gasteiger partial charge is 0.478 e. The first-order valence-corrected chi connectivity index (χ1v) is 5.90. The molecule has 0 saturated carbocycles. The number of hydrogen-bond donors (Lipinski definition) is 1. The van der Waals surface area contributed by atoms with E-state index in [1.807, 2.05) is 13.0 Å². The normalized spacial score (nSPS) is 12.2. The SMILES string of the molecule is CCCOc1cc(NC(C)CC)nc(C)n1. The van der Waals surface area contributed by atoms with E-state index < -0.39 is 0 Å². The van der Waals surface area contributed by atoms with Crippen LogP contribution in [0.2, 0.25) is 0 Å². The van der Waals surface area contributed by atoms with Crippen molar-refractivity contribution in [2.75, 3.05) is 11.9 Å². The summed E-state index contributed by atoms with van der Waals surface area (Å²) in [5.74, 6) is 2.23. The maximum atomic E-state index is 5.50. The highest BCUT2D eigenvalue weighted by Crippen LogP contribution is 2.14. The van der Waals surface area contributed by atoms with Crippen LogP contribution in [0.25, 0.3) is 0 Å². The summed E-state index contributed by atoms with van der Waals surface area (Å²) in [6, 6.07) is 2.27. The van der Waals surface area contributed by atoms with Gasteiger partial charge in [0.2, 0.25) is 5.88 Å². The van der Waals surface area contributed by atoms with Crippen molar-refractivity contribution in [2.24, 2.45) is 0 Å². The van der Waals surface area contributed by atoms with E-state index in [0.29, 0.717) is 18.5 Å². The Hall–Kier alpha value is -1.32.